The second kappa shape index (κ2) is 9.16. The first-order valence-corrected chi connectivity index (χ1v) is 12.8. The molecule has 8 heteroatoms. The van der Waals surface area contributed by atoms with Gasteiger partial charge in [-0.3, -0.25) is 9.59 Å². The molecule has 2 atom stereocenters. The summed E-state index contributed by atoms with van der Waals surface area (Å²) in [5, 5.41) is 3.02. The highest BCUT2D eigenvalue weighted by atomic mass is 79.9. The number of halogens is 1. The minimum Gasteiger partial charge on any atom is -0.353 e. The highest BCUT2D eigenvalue weighted by molar-refractivity contribution is 9.10. The molecule has 1 saturated carbocycles. The number of hydrogen-bond acceptors (Lipinski definition) is 4. The van der Waals surface area contributed by atoms with Gasteiger partial charge in [0.05, 0.1) is 16.3 Å². The van der Waals surface area contributed by atoms with E-state index in [9.17, 15) is 18.0 Å². The van der Waals surface area contributed by atoms with E-state index in [4.69, 9.17) is 0 Å². The Morgan fingerprint density at radius 2 is 1.97 bits per heavy atom. The number of benzene rings is 1. The fourth-order valence-electron chi connectivity index (χ4n) is 4.29. The summed E-state index contributed by atoms with van der Waals surface area (Å²) in [5.74, 6) is -0.157. The lowest BCUT2D eigenvalue weighted by molar-refractivity contribution is -0.122. The zero-order valence-electron chi connectivity index (χ0n) is 17.0. The van der Waals surface area contributed by atoms with Crippen molar-refractivity contribution in [3.05, 3.63) is 22.2 Å². The van der Waals surface area contributed by atoms with Gasteiger partial charge in [-0.1, -0.05) is 42.6 Å². The van der Waals surface area contributed by atoms with Gasteiger partial charge in [0, 0.05) is 29.9 Å². The van der Waals surface area contributed by atoms with E-state index in [0.29, 0.717) is 35.5 Å². The molecule has 0 aromatic heterocycles. The van der Waals surface area contributed by atoms with E-state index < -0.39 is 9.84 Å². The fourth-order valence-corrected chi connectivity index (χ4v) is 6.47. The maximum atomic E-state index is 13.1. The van der Waals surface area contributed by atoms with Gasteiger partial charge in [0.25, 0.3) is 0 Å². The van der Waals surface area contributed by atoms with Crippen molar-refractivity contribution in [1.29, 1.82) is 0 Å². The van der Waals surface area contributed by atoms with Gasteiger partial charge in [-0.25, -0.2) is 8.42 Å². The summed E-state index contributed by atoms with van der Waals surface area (Å²) in [6, 6.07) is 3.55. The maximum Gasteiger partial charge on any atom is 0.226 e. The molecule has 0 unspecified atom stereocenters. The van der Waals surface area contributed by atoms with Crippen molar-refractivity contribution in [3.8, 4) is 0 Å². The van der Waals surface area contributed by atoms with Crippen LogP contribution in [0, 0.1) is 5.92 Å². The van der Waals surface area contributed by atoms with Gasteiger partial charge < -0.3 is 10.2 Å². The van der Waals surface area contributed by atoms with Crippen molar-refractivity contribution in [3.63, 3.8) is 0 Å². The van der Waals surface area contributed by atoms with Crippen LogP contribution in [0.15, 0.2) is 21.5 Å². The molecule has 29 heavy (non-hydrogen) atoms. The molecule has 1 N–H and O–H groups in total. The summed E-state index contributed by atoms with van der Waals surface area (Å²) >= 11 is 3.39. The zero-order chi connectivity index (χ0) is 21.2. The summed E-state index contributed by atoms with van der Waals surface area (Å²) in [5.41, 5.74) is 1.33. The summed E-state index contributed by atoms with van der Waals surface area (Å²) in [4.78, 5) is 26.4. The maximum absolute atomic E-state index is 13.1. The lowest BCUT2D eigenvalue weighted by atomic mass is 9.86. The second-order valence-electron chi connectivity index (χ2n) is 8.07. The monoisotopic (exact) mass is 484 g/mol. The third kappa shape index (κ3) is 5.02. The number of hydrogen-bond donors (Lipinski definition) is 1. The van der Waals surface area contributed by atoms with Gasteiger partial charge in [-0.05, 0) is 42.9 Å². The Morgan fingerprint density at radius 3 is 2.66 bits per heavy atom. The molecule has 0 radical (unpaired) electrons. The molecule has 1 aliphatic heterocycles. The van der Waals surface area contributed by atoms with Crippen LogP contribution in [0.1, 0.15) is 57.9 Å². The molecule has 0 saturated heterocycles. The Morgan fingerprint density at radius 1 is 1.24 bits per heavy atom. The topological polar surface area (TPSA) is 83.6 Å². The van der Waals surface area contributed by atoms with E-state index in [1.54, 1.807) is 17.9 Å². The molecular weight excluding hydrogens is 456 g/mol. The fraction of sp³-hybridized carbons (Fsp3) is 0.619. The molecule has 0 spiro atoms. The van der Waals surface area contributed by atoms with E-state index in [1.165, 1.54) is 6.42 Å². The first-order chi connectivity index (χ1) is 13.7. The van der Waals surface area contributed by atoms with Crippen LogP contribution in [0.4, 0.5) is 5.69 Å². The number of amides is 2. The number of nitrogens with zero attached hydrogens (tertiary/aromatic N) is 1. The largest absolute Gasteiger partial charge is 0.353 e. The van der Waals surface area contributed by atoms with Crippen LogP contribution in [-0.4, -0.2) is 38.6 Å². The molecule has 0 bridgehead atoms. The molecule has 1 fully saturated rings. The van der Waals surface area contributed by atoms with E-state index in [0.717, 1.165) is 24.8 Å². The molecular formula is C21H29BrN2O4S. The minimum absolute atomic E-state index is 0.0748. The molecule has 2 aliphatic rings. The molecule has 1 heterocycles. The van der Waals surface area contributed by atoms with E-state index in [1.807, 2.05) is 6.07 Å². The van der Waals surface area contributed by atoms with Crippen molar-refractivity contribution in [2.45, 2.75) is 69.7 Å². The number of fused-ring (bicyclic) bond motifs is 1. The number of carbonyl (C=O) groups excluding carboxylic acids is 2. The highest BCUT2D eigenvalue weighted by Crippen LogP contribution is 2.38. The molecule has 1 aromatic rings. The standard InChI is InChI=1S/C21H29BrN2O4S/c1-3-20(26)24-10-8-15-12-16(22)13-18(21(15)24)29(27,28)11-9-19(25)23-17-7-5-4-6-14(17)2/h12-14,17H,3-11H2,1-2H3,(H,23,25)/t14-,17-/m0/s1. The molecule has 6 nitrogen and oxygen atoms in total. The second-order valence-corrected chi connectivity index (χ2v) is 11.1. The molecule has 160 valence electrons. The summed E-state index contributed by atoms with van der Waals surface area (Å²) in [7, 11) is -3.72. The van der Waals surface area contributed by atoms with Crippen LogP contribution in [0.2, 0.25) is 0 Å². The number of rotatable bonds is 6. The number of carbonyl (C=O) groups is 2. The van der Waals surface area contributed by atoms with Crippen molar-refractivity contribution in [2.24, 2.45) is 5.92 Å². The number of nitrogens with one attached hydrogen (secondary N) is 1. The van der Waals surface area contributed by atoms with Crippen molar-refractivity contribution < 1.29 is 18.0 Å². The smallest absolute Gasteiger partial charge is 0.226 e. The lowest BCUT2D eigenvalue weighted by Crippen LogP contribution is -2.41. The average Bonchev–Trinajstić information content (AvgIpc) is 3.10. The Kier molecular flexibility index (Phi) is 7.04. The average molecular weight is 485 g/mol. The van der Waals surface area contributed by atoms with Crippen LogP contribution in [0.3, 0.4) is 0 Å². The van der Waals surface area contributed by atoms with Gasteiger partial charge in [0.1, 0.15) is 0 Å². The van der Waals surface area contributed by atoms with Crippen molar-refractivity contribution in [1.82, 2.24) is 5.32 Å². The Bertz CT molecular complexity index is 900. The predicted molar refractivity (Wildman–Crippen MR) is 117 cm³/mol. The zero-order valence-corrected chi connectivity index (χ0v) is 19.4. The Hall–Kier alpha value is -1.41. The first kappa shape index (κ1) is 22.3. The van der Waals surface area contributed by atoms with E-state index in [2.05, 4.69) is 28.2 Å². The van der Waals surface area contributed by atoms with Gasteiger partial charge in [-0.15, -0.1) is 0 Å². The molecule has 1 aromatic carbocycles. The minimum atomic E-state index is -3.72. The van der Waals surface area contributed by atoms with E-state index in [-0.39, 0.29) is 34.9 Å². The number of anilines is 1. The first-order valence-electron chi connectivity index (χ1n) is 10.4. The van der Waals surface area contributed by atoms with Crippen LogP contribution in [-0.2, 0) is 25.8 Å². The van der Waals surface area contributed by atoms with Gasteiger partial charge >= 0.3 is 0 Å². The van der Waals surface area contributed by atoms with Crippen molar-refractivity contribution >= 4 is 43.3 Å². The van der Waals surface area contributed by atoms with Crippen LogP contribution in [0.25, 0.3) is 0 Å². The summed E-state index contributed by atoms with van der Waals surface area (Å²) in [6.45, 7) is 4.38. The third-order valence-electron chi connectivity index (χ3n) is 5.99. The Labute approximate surface area is 181 Å². The highest BCUT2D eigenvalue weighted by Gasteiger charge is 2.32. The third-order valence-corrected chi connectivity index (χ3v) is 8.17. The van der Waals surface area contributed by atoms with Gasteiger partial charge in [0.15, 0.2) is 9.84 Å². The van der Waals surface area contributed by atoms with Crippen molar-refractivity contribution in [2.75, 3.05) is 17.2 Å². The quantitative estimate of drug-likeness (QED) is 0.668. The lowest BCUT2D eigenvalue weighted by Gasteiger charge is -2.29. The molecule has 3 rings (SSSR count). The number of sulfone groups is 1. The van der Waals surface area contributed by atoms with E-state index >= 15 is 0 Å². The Balaban J connectivity index is 1.76. The van der Waals surface area contributed by atoms with Crippen LogP contribution < -0.4 is 10.2 Å². The molecule has 2 amide bonds. The normalized spacial score (nSPS) is 21.7. The summed E-state index contributed by atoms with van der Waals surface area (Å²) in [6.07, 6.45) is 5.19. The van der Waals surface area contributed by atoms with Crippen LogP contribution in [0.5, 0.6) is 0 Å². The molecule has 1 aliphatic carbocycles. The van der Waals surface area contributed by atoms with Crippen LogP contribution >= 0.6 is 15.9 Å². The predicted octanol–water partition coefficient (Wildman–Crippen LogP) is 3.61. The SMILES string of the molecule is CCC(=O)N1CCc2cc(Br)cc(S(=O)(=O)CCC(=O)N[C@H]3CCCC[C@@H]3C)c21. The van der Waals surface area contributed by atoms with Gasteiger partial charge in [0.2, 0.25) is 11.8 Å². The summed E-state index contributed by atoms with van der Waals surface area (Å²) < 4.78 is 26.9. The van der Waals surface area contributed by atoms with Gasteiger partial charge in [-0.2, -0.15) is 0 Å².